The van der Waals surface area contributed by atoms with Crippen molar-refractivity contribution in [1.29, 1.82) is 0 Å². The van der Waals surface area contributed by atoms with Crippen LogP contribution in [0.3, 0.4) is 0 Å². The van der Waals surface area contributed by atoms with Gasteiger partial charge in [-0.3, -0.25) is 4.79 Å². The van der Waals surface area contributed by atoms with Gasteiger partial charge in [0.2, 0.25) is 6.41 Å². The van der Waals surface area contributed by atoms with Crippen LogP contribution in [0.25, 0.3) is 10.1 Å². The molecule has 2 rings (SSSR count). The minimum Gasteiger partial charge on any atom is -0.462 e. The van der Waals surface area contributed by atoms with Gasteiger partial charge in [0.25, 0.3) is 0 Å². The quantitative estimate of drug-likeness (QED) is 0.681. The highest BCUT2D eigenvalue weighted by molar-refractivity contribution is 7.21. The van der Waals surface area contributed by atoms with Crippen LogP contribution in [0.15, 0.2) is 18.2 Å². The number of aryl methyl sites for hydroxylation is 1. The van der Waals surface area contributed by atoms with Gasteiger partial charge in [0.05, 0.1) is 6.61 Å². The maximum absolute atomic E-state index is 11.8. The van der Waals surface area contributed by atoms with Crippen molar-refractivity contribution in [2.24, 2.45) is 0 Å². The molecule has 2 aromatic rings. The van der Waals surface area contributed by atoms with Crippen molar-refractivity contribution in [2.45, 2.75) is 13.8 Å². The number of fused-ring (bicyclic) bond motifs is 1. The van der Waals surface area contributed by atoms with Crippen LogP contribution in [0.5, 0.6) is 0 Å². The number of thiophene rings is 1. The summed E-state index contributed by atoms with van der Waals surface area (Å²) in [5, 5.41) is 3.57. The summed E-state index contributed by atoms with van der Waals surface area (Å²) in [6.45, 7) is 4.03. The van der Waals surface area contributed by atoms with Gasteiger partial charge >= 0.3 is 5.97 Å². The Labute approximate surface area is 109 Å². The molecule has 94 valence electrons. The molecule has 0 atom stereocenters. The van der Waals surface area contributed by atoms with Crippen molar-refractivity contribution < 1.29 is 14.3 Å². The average Bonchev–Trinajstić information content (AvgIpc) is 2.68. The lowest BCUT2D eigenvalue weighted by molar-refractivity contribution is -0.105. The number of ether oxygens (including phenoxy) is 1. The van der Waals surface area contributed by atoms with Crippen LogP contribution >= 0.6 is 11.3 Å². The molecule has 1 heterocycles. The van der Waals surface area contributed by atoms with E-state index in [-0.39, 0.29) is 5.97 Å². The van der Waals surface area contributed by atoms with E-state index in [2.05, 4.69) is 5.32 Å². The molecule has 0 aliphatic carbocycles. The van der Waals surface area contributed by atoms with Crippen LogP contribution < -0.4 is 5.32 Å². The molecule has 0 aliphatic rings. The Morgan fingerprint density at radius 3 is 2.94 bits per heavy atom. The van der Waals surface area contributed by atoms with Crippen LogP contribution in [-0.4, -0.2) is 19.0 Å². The van der Waals surface area contributed by atoms with Crippen LogP contribution in [0.1, 0.15) is 22.2 Å². The van der Waals surface area contributed by atoms with E-state index in [0.717, 1.165) is 15.6 Å². The van der Waals surface area contributed by atoms with Gasteiger partial charge in [-0.2, -0.15) is 0 Å². The Kier molecular flexibility index (Phi) is 3.62. The molecule has 0 saturated heterocycles. The fourth-order valence-electron chi connectivity index (χ4n) is 1.77. The van der Waals surface area contributed by atoms with Gasteiger partial charge in [0.15, 0.2) is 0 Å². The fraction of sp³-hybridized carbons (Fsp3) is 0.231. The molecule has 0 fully saturated rings. The molecule has 1 amide bonds. The third-order valence-corrected chi connectivity index (χ3v) is 3.88. The van der Waals surface area contributed by atoms with Crippen LogP contribution in [0.2, 0.25) is 0 Å². The number of hydrogen-bond donors (Lipinski definition) is 1. The second-order valence-electron chi connectivity index (χ2n) is 3.75. The van der Waals surface area contributed by atoms with E-state index in [1.165, 1.54) is 11.3 Å². The molecule has 5 heteroatoms. The summed E-state index contributed by atoms with van der Waals surface area (Å²) in [7, 11) is 0. The van der Waals surface area contributed by atoms with Crippen molar-refractivity contribution in [1.82, 2.24) is 0 Å². The zero-order valence-corrected chi connectivity index (χ0v) is 11.0. The Hall–Kier alpha value is -1.88. The summed E-state index contributed by atoms with van der Waals surface area (Å²) < 4.78 is 6.02. The SMILES string of the molecule is CCOC(=O)c1sc2ccc(NC=O)cc2c1C. The predicted octanol–water partition coefficient (Wildman–Crippen LogP) is 2.95. The first-order valence-corrected chi connectivity index (χ1v) is 6.39. The third kappa shape index (κ3) is 2.22. The van der Waals surface area contributed by atoms with Crippen LogP contribution in [0.4, 0.5) is 5.69 Å². The van der Waals surface area contributed by atoms with Crippen molar-refractivity contribution in [3.8, 4) is 0 Å². The van der Waals surface area contributed by atoms with Gasteiger partial charge in [-0.1, -0.05) is 0 Å². The standard InChI is InChI=1S/C13H13NO3S/c1-3-17-13(16)12-8(2)10-6-9(14-7-15)4-5-11(10)18-12/h4-7H,3H2,1-2H3,(H,14,15). The molecule has 0 spiro atoms. The first kappa shape index (κ1) is 12.6. The second-order valence-corrected chi connectivity index (χ2v) is 4.80. The third-order valence-electron chi connectivity index (χ3n) is 2.62. The topological polar surface area (TPSA) is 55.4 Å². The Bertz CT molecular complexity index is 604. The molecular formula is C13H13NO3S. The highest BCUT2D eigenvalue weighted by Crippen LogP contribution is 2.33. The van der Waals surface area contributed by atoms with E-state index < -0.39 is 0 Å². The lowest BCUT2D eigenvalue weighted by atomic mass is 10.1. The van der Waals surface area contributed by atoms with E-state index in [1.54, 1.807) is 6.92 Å². The van der Waals surface area contributed by atoms with E-state index in [0.29, 0.717) is 23.6 Å². The smallest absolute Gasteiger partial charge is 0.348 e. The summed E-state index contributed by atoms with van der Waals surface area (Å²) in [6.07, 6.45) is 0.634. The molecule has 1 aromatic heterocycles. The molecule has 1 aromatic carbocycles. The fourth-order valence-corrected chi connectivity index (χ4v) is 2.85. The second kappa shape index (κ2) is 5.18. The molecule has 4 nitrogen and oxygen atoms in total. The minimum absolute atomic E-state index is 0.291. The number of nitrogens with one attached hydrogen (secondary N) is 1. The molecule has 18 heavy (non-hydrogen) atoms. The normalized spacial score (nSPS) is 10.3. The van der Waals surface area contributed by atoms with Gasteiger partial charge < -0.3 is 10.1 Å². The number of esters is 1. The highest BCUT2D eigenvalue weighted by atomic mass is 32.1. The summed E-state index contributed by atoms with van der Waals surface area (Å²) >= 11 is 1.41. The summed E-state index contributed by atoms with van der Waals surface area (Å²) in [4.78, 5) is 22.8. The summed E-state index contributed by atoms with van der Waals surface area (Å²) in [5.41, 5.74) is 1.61. The largest absolute Gasteiger partial charge is 0.462 e. The molecule has 0 bridgehead atoms. The van der Waals surface area contributed by atoms with Crippen molar-refractivity contribution >= 4 is 39.5 Å². The maximum atomic E-state index is 11.8. The van der Waals surface area contributed by atoms with Crippen molar-refractivity contribution in [2.75, 3.05) is 11.9 Å². The monoisotopic (exact) mass is 263 g/mol. The maximum Gasteiger partial charge on any atom is 0.348 e. The molecule has 0 radical (unpaired) electrons. The zero-order chi connectivity index (χ0) is 13.1. The average molecular weight is 263 g/mol. The molecule has 0 saturated carbocycles. The Morgan fingerprint density at radius 2 is 2.28 bits per heavy atom. The first-order chi connectivity index (χ1) is 8.67. The molecule has 1 N–H and O–H groups in total. The van der Waals surface area contributed by atoms with Gasteiger partial charge in [-0.15, -0.1) is 11.3 Å². The summed E-state index contributed by atoms with van der Waals surface area (Å²) in [6, 6.07) is 5.56. The Morgan fingerprint density at radius 1 is 1.50 bits per heavy atom. The van der Waals surface area contributed by atoms with Gasteiger partial charge in [-0.05, 0) is 43.0 Å². The minimum atomic E-state index is -0.291. The van der Waals surface area contributed by atoms with Gasteiger partial charge in [-0.25, -0.2) is 4.79 Å². The number of benzene rings is 1. The number of hydrogen-bond acceptors (Lipinski definition) is 4. The number of rotatable bonds is 4. The lowest BCUT2D eigenvalue weighted by Crippen LogP contribution is -2.03. The van der Waals surface area contributed by atoms with Gasteiger partial charge in [0, 0.05) is 10.4 Å². The van der Waals surface area contributed by atoms with E-state index >= 15 is 0 Å². The van der Waals surface area contributed by atoms with E-state index in [9.17, 15) is 9.59 Å². The molecule has 0 aliphatic heterocycles. The van der Waals surface area contributed by atoms with Crippen molar-refractivity contribution in [3.63, 3.8) is 0 Å². The number of anilines is 1. The number of amides is 1. The number of carbonyl (C=O) groups is 2. The number of carbonyl (C=O) groups excluding carboxylic acids is 2. The lowest BCUT2D eigenvalue weighted by Gasteiger charge is -2.00. The zero-order valence-electron chi connectivity index (χ0n) is 10.1. The van der Waals surface area contributed by atoms with E-state index in [4.69, 9.17) is 4.74 Å². The molecule has 0 unspecified atom stereocenters. The Balaban J connectivity index is 2.49. The van der Waals surface area contributed by atoms with Gasteiger partial charge in [0.1, 0.15) is 4.88 Å². The summed E-state index contributed by atoms with van der Waals surface area (Å²) in [5.74, 6) is -0.291. The predicted molar refractivity (Wildman–Crippen MR) is 72.2 cm³/mol. The first-order valence-electron chi connectivity index (χ1n) is 5.57. The van der Waals surface area contributed by atoms with E-state index in [1.807, 2.05) is 25.1 Å². The van der Waals surface area contributed by atoms with Crippen molar-refractivity contribution in [3.05, 3.63) is 28.6 Å². The van der Waals surface area contributed by atoms with Crippen LogP contribution in [-0.2, 0) is 9.53 Å². The van der Waals surface area contributed by atoms with Crippen LogP contribution in [0, 0.1) is 6.92 Å². The highest BCUT2D eigenvalue weighted by Gasteiger charge is 2.16. The molecular weight excluding hydrogens is 250 g/mol.